The van der Waals surface area contributed by atoms with Crippen LogP contribution in [0.2, 0.25) is 15.1 Å². The van der Waals surface area contributed by atoms with Crippen molar-refractivity contribution in [3.63, 3.8) is 0 Å². The van der Waals surface area contributed by atoms with Crippen molar-refractivity contribution in [2.24, 2.45) is 0 Å². The number of carbonyl (C=O) groups excluding carboxylic acids is 2. The number of rotatable bonds is 12. The van der Waals surface area contributed by atoms with Crippen molar-refractivity contribution in [1.82, 2.24) is 10.2 Å². The maximum absolute atomic E-state index is 14.8. The molecule has 0 aliphatic heterocycles. The van der Waals surface area contributed by atoms with Crippen LogP contribution >= 0.6 is 34.8 Å². The summed E-state index contributed by atoms with van der Waals surface area (Å²) in [6.45, 7) is 2.88. The summed E-state index contributed by atoms with van der Waals surface area (Å²) >= 11 is 19.5. The lowest BCUT2D eigenvalue weighted by atomic mass is 10.0. The van der Waals surface area contributed by atoms with Gasteiger partial charge in [-0.2, -0.15) is 0 Å². The van der Waals surface area contributed by atoms with Crippen LogP contribution in [0.15, 0.2) is 95.9 Å². The summed E-state index contributed by atoms with van der Waals surface area (Å²) in [6.07, 6.45) is 3.92. The van der Waals surface area contributed by atoms with Gasteiger partial charge in [-0.1, -0.05) is 102 Å². The number of nitrogens with one attached hydrogen (secondary N) is 1. The number of sulfonamides is 1. The number of hydrogen-bond acceptors (Lipinski definition) is 4. The van der Waals surface area contributed by atoms with Crippen molar-refractivity contribution < 1.29 is 18.0 Å². The van der Waals surface area contributed by atoms with Crippen molar-refractivity contribution in [2.75, 3.05) is 10.8 Å². The molecule has 4 aromatic rings. The molecule has 1 N–H and O–H groups in total. The van der Waals surface area contributed by atoms with Crippen molar-refractivity contribution in [2.45, 2.75) is 69.5 Å². The third kappa shape index (κ3) is 8.53. The molecule has 11 heteroatoms. The summed E-state index contributed by atoms with van der Waals surface area (Å²) in [5.74, 6) is -0.920. The topological polar surface area (TPSA) is 86.8 Å². The highest BCUT2D eigenvalue weighted by atomic mass is 35.5. The molecule has 1 fully saturated rings. The molecular formula is C37H38Cl3N3O4S. The maximum atomic E-state index is 14.8. The molecule has 7 nitrogen and oxygen atoms in total. The predicted octanol–water partition coefficient (Wildman–Crippen LogP) is 8.16. The van der Waals surface area contributed by atoms with Gasteiger partial charge < -0.3 is 10.2 Å². The van der Waals surface area contributed by atoms with E-state index in [9.17, 15) is 18.0 Å². The first kappa shape index (κ1) is 35.7. The Kier molecular flexibility index (Phi) is 11.7. The molecule has 1 unspecified atom stereocenters. The second-order valence-electron chi connectivity index (χ2n) is 12.2. The second kappa shape index (κ2) is 15.8. The van der Waals surface area contributed by atoms with Crippen LogP contribution in [0.25, 0.3) is 0 Å². The Hall–Kier alpha value is -3.56. The van der Waals surface area contributed by atoms with E-state index in [1.807, 2.05) is 37.3 Å². The molecule has 0 spiro atoms. The van der Waals surface area contributed by atoms with Gasteiger partial charge in [0.2, 0.25) is 11.8 Å². The highest BCUT2D eigenvalue weighted by molar-refractivity contribution is 7.92. The minimum Gasteiger partial charge on any atom is -0.352 e. The molecule has 0 radical (unpaired) electrons. The average Bonchev–Trinajstić information content (AvgIpc) is 3.56. The molecule has 0 saturated heterocycles. The summed E-state index contributed by atoms with van der Waals surface area (Å²) in [6, 6.07) is 24.7. The Morgan fingerprint density at radius 3 is 2.12 bits per heavy atom. The van der Waals surface area contributed by atoms with Crippen molar-refractivity contribution >= 4 is 62.3 Å². The summed E-state index contributed by atoms with van der Waals surface area (Å²) in [5, 5.41) is 4.25. The van der Waals surface area contributed by atoms with E-state index in [4.69, 9.17) is 34.8 Å². The lowest BCUT2D eigenvalue weighted by Gasteiger charge is -2.35. The highest BCUT2D eigenvalue weighted by Gasteiger charge is 2.36. The van der Waals surface area contributed by atoms with Gasteiger partial charge in [-0.3, -0.25) is 13.9 Å². The molecule has 0 bridgehead atoms. The second-order valence-corrected chi connectivity index (χ2v) is 15.3. The van der Waals surface area contributed by atoms with Crippen molar-refractivity contribution in [1.29, 1.82) is 0 Å². The SMILES string of the molecule is Cc1ccc(S(=O)(=O)N(CC(=O)N(Cc2c(Cl)cccc2Cl)C(Cc2ccccc2)C(=O)NC2CCCC2)c2ccc(Cl)cc2C)cc1. The Morgan fingerprint density at radius 1 is 0.854 bits per heavy atom. The lowest BCUT2D eigenvalue weighted by Crippen LogP contribution is -2.54. The van der Waals surface area contributed by atoms with E-state index < -0.39 is 28.5 Å². The number of aryl methyl sites for hydroxylation is 2. The fraction of sp³-hybridized carbons (Fsp3) is 0.297. The number of benzene rings is 4. The third-order valence-electron chi connectivity index (χ3n) is 8.68. The van der Waals surface area contributed by atoms with Crippen LogP contribution in [0, 0.1) is 13.8 Å². The third-order valence-corrected chi connectivity index (χ3v) is 11.4. The minimum atomic E-state index is -4.26. The van der Waals surface area contributed by atoms with Crippen LogP contribution in [0.5, 0.6) is 0 Å². The van der Waals surface area contributed by atoms with E-state index >= 15 is 0 Å². The van der Waals surface area contributed by atoms with Gasteiger partial charge >= 0.3 is 0 Å². The number of hydrogen-bond donors (Lipinski definition) is 1. The normalized spacial score (nSPS) is 14.0. The van der Waals surface area contributed by atoms with E-state index in [0.29, 0.717) is 31.9 Å². The quantitative estimate of drug-likeness (QED) is 0.160. The Balaban J connectivity index is 1.61. The highest BCUT2D eigenvalue weighted by Crippen LogP contribution is 2.31. The van der Waals surface area contributed by atoms with Gasteiger partial charge in [0.15, 0.2) is 0 Å². The first-order valence-corrected chi connectivity index (χ1v) is 18.4. The van der Waals surface area contributed by atoms with Gasteiger partial charge in [0.1, 0.15) is 12.6 Å². The molecule has 0 aromatic heterocycles. The standard InChI is InChI=1S/C37H38Cl3N3O4S/c1-25-15-18-30(19-16-25)48(46,47)43(34-20-17-28(38)21-26(34)2)24-36(44)42(23-31-32(39)13-8-14-33(31)40)35(22-27-9-4-3-5-10-27)37(45)41-29-11-6-7-12-29/h3-5,8-10,13-21,29,35H,6-7,11-12,22-24H2,1-2H3,(H,41,45). The number of nitrogens with zero attached hydrogens (tertiary/aromatic N) is 2. The maximum Gasteiger partial charge on any atom is 0.264 e. The predicted molar refractivity (Wildman–Crippen MR) is 193 cm³/mol. The molecule has 1 saturated carbocycles. The first-order chi connectivity index (χ1) is 22.9. The number of amides is 2. The molecule has 5 rings (SSSR count). The molecule has 1 aliphatic carbocycles. The zero-order valence-corrected chi connectivity index (χ0v) is 29.9. The van der Waals surface area contributed by atoms with Gasteiger partial charge in [-0.05, 0) is 80.3 Å². The smallest absolute Gasteiger partial charge is 0.264 e. The number of anilines is 1. The van der Waals surface area contributed by atoms with Crippen LogP contribution in [-0.2, 0) is 32.6 Å². The zero-order chi connectivity index (χ0) is 34.4. The van der Waals surface area contributed by atoms with Gasteiger partial charge in [-0.15, -0.1) is 0 Å². The van der Waals surface area contributed by atoms with Crippen LogP contribution in [0.1, 0.15) is 47.9 Å². The van der Waals surface area contributed by atoms with Gasteiger partial charge in [-0.25, -0.2) is 8.42 Å². The van der Waals surface area contributed by atoms with Crippen LogP contribution < -0.4 is 9.62 Å². The molecule has 4 aromatic carbocycles. The molecular weight excluding hydrogens is 689 g/mol. The first-order valence-electron chi connectivity index (χ1n) is 15.9. The number of halogens is 3. The van der Waals surface area contributed by atoms with E-state index in [1.54, 1.807) is 55.5 Å². The Labute approximate surface area is 297 Å². The Bertz CT molecular complexity index is 1840. The van der Waals surface area contributed by atoms with E-state index in [2.05, 4.69) is 5.32 Å². The van der Waals surface area contributed by atoms with Gasteiger partial charge in [0.05, 0.1) is 10.6 Å². The fourth-order valence-corrected chi connectivity index (χ4v) is 8.25. The van der Waals surface area contributed by atoms with Crippen molar-refractivity contribution in [3.05, 3.63) is 128 Å². The molecule has 48 heavy (non-hydrogen) atoms. The van der Waals surface area contributed by atoms with E-state index in [-0.39, 0.29) is 29.8 Å². The Morgan fingerprint density at radius 2 is 1.50 bits per heavy atom. The minimum absolute atomic E-state index is 0.00763. The molecule has 2 amide bonds. The van der Waals surface area contributed by atoms with Crippen LogP contribution in [-0.4, -0.2) is 43.8 Å². The van der Waals surface area contributed by atoms with Crippen molar-refractivity contribution in [3.8, 4) is 0 Å². The summed E-state index contributed by atoms with van der Waals surface area (Å²) in [7, 11) is -4.26. The molecule has 1 aliphatic rings. The van der Waals surface area contributed by atoms with Crippen LogP contribution in [0.3, 0.4) is 0 Å². The monoisotopic (exact) mass is 725 g/mol. The fourth-order valence-electron chi connectivity index (χ4n) is 6.02. The molecule has 0 heterocycles. The van der Waals surface area contributed by atoms with Crippen LogP contribution in [0.4, 0.5) is 5.69 Å². The summed E-state index contributed by atoms with van der Waals surface area (Å²) in [4.78, 5) is 30.4. The molecule has 1 atom stereocenters. The van der Waals surface area contributed by atoms with Gasteiger partial charge in [0.25, 0.3) is 10.0 Å². The largest absolute Gasteiger partial charge is 0.352 e. The summed E-state index contributed by atoms with van der Waals surface area (Å²) in [5.41, 5.74) is 3.03. The average molecular weight is 727 g/mol. The van der Waals surface area contributed by atoms with E-state index in [1.165, 1.54) is 17.0 Å². The van der Waals surface area contributed by atoms with Gasteiger partial charge in [0, 0.05) is 39.6 Å². The van der Waals surface area contributed by atoms with E-state index in [0.717, 1.165) is 41.1 Å². The number of carbonyl (C=O) groups is 2. The lowest BCUT2D eigenvalue weighted by molar-refractivity contribution is -0.140. The summed E-state index contributed by atoms with van der Waals surface area (Å²) < 4.78 is 29.7. The zero-order valence-electron chi connectivity index (χ0n) is 26.8. The molecule has 252 valence electrons.